The van der Waals surface area contributed by atoms with Crippen molar-refractivity contribution in [3.63, 3.8) is 0 Å². The number of hydrogen-bond donors (Lipinski definition) is 3. The molecule has 25 heavy (non-hydrogen) atoms. The van der Waals surface area contributed by atoms with Crippen molar-refractivity contribution in [2.24, 2.45) is 0 Å². The Kier molecular flexibility index (Phi) is 4.20. The lowest BCUT2D eigenvalue weighted by Gasteiger charge is -2.32. The summed E-state index contributed by atoms with van der Waals surface area (Å²) < 4.78 is 0. The molecule has 0 saturated heterocycles. The van der Waals surface area contributed by atoms with Crippen LogP contribution in [-0.4, -0.2) is 45.2 Å². The van der Waals surface area contributed by atoms with Crippen LogP contribution in [0.3, 0.4) is 0 Å². The van der Waals surface area contributed by atoms with Gasteiger partial charge in [0.1, 0.15) is 11.5 Å². The molecule has 0 heterocycles. The molecule has 1 aliphatic carbocycles. The smallest absolute Gasteiger partial charge is 0.200 e. The summed E-state index contributed by atoms with van der Waals surface area (Å²) in [6, 6.07) is 7.08. The van der Waals surface area contributed by atoms with Crippen LogP contribution in [0.15, 0.2) is 30.3 Å². The second kappa shape index (κ2) is 6.19. The molecule has 7 heteroatoms. The van der Waals surface area contributed by atoms with E-state index in [1.54, 1.807) is 26.0 Å². The normalized spacial score (nSPS) is 13.0. The first-order valence-electron chi connectivity index (χ1n) is 7.93. The van der Waals surface area contributed by atoms with Crippen molar-refractivity contribution >= 4 is 17.3 Å². The number of hydrogen-bond acceptors (Lipinski definition) is 7. The number of benzene rings is 2. The summed E-state index contributed by atoms with van der Waals surface area (Å²) in [7, 11) is 0. The summed E-state index contributed by atoms with van der Waals surface area (Å²) >= 11 is 0. The van der Waals surface area contributed by atoms with Crippen LogP contribution in [0.2, 0.25) is 0 Å². The maximum atomic E-state index is 13.0. The summed E-state index contributed by atoms with van der Waals surface area (Å²) in [5.41, 5.74) is 0.154. The van der Waals surface area contributed by atoms with Gasteiger partial charge in [-0.05, 0) is 32.0 Å². The summed E-state index contributed by atoms with van der Waals surface area (Å²) in [6.45, 7) is 4.18. The molecule has 2 aromatic rings. The third kappa shape index (κ3) is 2.45. The Balaban J connectivity index is 2.28. The van der Waals surface area contributed by atoms with Gasteiger partial charge in [-0.3, -0.25) is 19.8 Å². The number of hydroxylamine groups is 1. The molecule has 3 rings (SSSR count). The molecule has 0 fully saturated rings. The number of rotatable bonds is 4. The minimum Gasteiger partial charge on any atom is -0.507 e. The van der Waals surface area contributed by atoms with E-state index in [1.165, 1.54) is 23.2 Å². The van der Waals surface area contributed by atoms with Crippen LogP contribution >= 0.6 is 0 Å². The van der Waals surface area contributed by atoms with E-state index >= 15 is 0 Å². The molecule has 2 aromatic carbocycles. The maximum absolute atomic E-state index is 13.0. The number of nitrogens with zero attached hydrogens (tertiary/aromatic N) is 2. The van der Waals surface area contributed by atoms with Crippen LogP contribution in [-0.2, 0) is 0 Å². The van der Waals surface area contributed by atoms with E-state index in [0.29, 0.717) is 12.2 Å². The molecule has 130 valence electrons. The summed E-state index contributed by atoms with van der Waals surface area (Å²) in [5.74, 6) is -1.84. The Morgan fingerprint density at radius 3 is 2.00 bits per heavy atom. The van der Waals surface area contributed by atoms with Crippen molar-refractivity contribution in [2.75, 3.05) is 18.1 Å². The standard InChI is InChI=1S/C18H18N2O5/c1-3-19(20(25)4-2)11-7-5-6-10-14(11)18(24)16-13(22)9-8-12(21)15(16)17(10)23/h5-9,21-22,25H,3-4H2,1-2H3. The lowest BCUT2D eigenvalue weighted by Crippen LogP contribution is -2.41. The van der Waals surface area contributed by atoms with Gasteiger partial charge in [-0.2, -0.15) is 0 Å². The number of ketones is 2. The fourth-order valence-electron chi connectivity index (χ4n) is 3.11. The van der Waals surface area contributed by atoms with E-state index in [1.807, 2.05) is 0 Å². The van der Waals surface area contributed by atoms with Gasteiger partial charge in [0.25, 0.3) is 0 Å². The predicted molar refractivity (Wildman–Crippen MR) is 90.3 cm³/mol. The molecule has 0 aliphatic heterocycles. The van der Waals surface area contributed by atoms with E-state index in [9.17, 15) is 25.0 Å². The first-order chi connectivity index (χ1) is 11.9. The van der Waals surface area contributed by atoms with Crippen molar-refractivity contribution in [1.82, 2.24) is 5.17 Å². The van der Waals surface area contributed by atoms with Crippen molar-refractivity contribution in [3.05, 3.63) is 52.6 Å². The SMILES string of the molecule is CCN(O)N(CC)c1cccc2c1C(=O)c1c(O)ccc(O)c1C2=O. The third-order valence-electron chi connectivity index (χ3n) is 4.27. The zero-order valence-corrected chi connectivity index (χ0v) is 13.9. The van der Waals surface area contributed by atoms with E-state index in [-0.39, 0.29) is 40.3 Å². The van der Waals surface area contributed by atoms with Gasteiger partial charge in [0, 0.05) is 18.7 Å². The predicted octanol–water partition coefficient (Wildman–Crippen LogP) is 2.33. The number of phenolic OH excluding ortho intramolecular Hbond substituents is 2. The van der Waals surface area contributed by atoms with E-state index in [0.717, 1.165) is 5.17 Å². The Labute approximate surface area is 144 Å². The number of anilines is 1. The Morgan fingerprint density at radius 1 is 0.840 bits per heavy atom. The third-order valence-corrected chi connectivity index (χ3v) is 4.27. The van der Waals surface area contributed by atoms with Crippen LogP contribution in [0.4, 0.5) is 5.69 Å². The van der Waals surface area contributed by atoms with Gasteiger partial charge in [0.15, 0.2) is 5.78 Å². The number of carbonyl (C=O) groups is 2. The van der Waals surface area contributed by atoms with Crippen LogP contribution in [0.5, 0.6) is 11.5 Å². The molecule has 0 atom stereocenters. The minimum absolute atomic E-state index is 0.0928. The van der Waals surface area contributed by atoms with E-state index in [4.69, 9.17) is 0 Å². The Hall–Kier alpha value is -2.90. The van der Waals surface area contributed by atoms with Crippen molar-refractivity contribution in [1.29, 1.82) is 0 Å². The monoisotopic (exact) mass is 342 g/mol. The van der Waals surface area contributed by atoms with Gasteiger partial charge in [0.05, 0.1) is 22.4 Å². The molecule has 0 bridgehead atoms. The molecule has 0 unspecified atom stereocenters. The zero-order valence-electron chi connectivity index (χ0n) is 13.9. The highest BCUT2D eigenvalue weighted by Gasteiger charge is 2.37. The second-order valence-electron chi connectivity index (χ2n) is 5.62. The van der Waals surface area contributed by atoms with Gasteiger partial charge in [0.2, 0.25) is 5.78 Å². The fourth-order valence-corrected chi connectivity index (χ4v) is 3.11. The lowest BCUT2D eigenvalue weighted by atomic mass is 9.82. The molecule has 3 N–H and O–H groups in total. The van der Waals surface area contributed by atoms with Gasteiger partial charge < -0.3 is 10.2 Å². The molecular weight excluding hydrogens is 324 g/mol. The van der Waals surface area contributed by atoms with Gasteiger partial charge in [-0.25, -0.2) is 0 Å². The van der Waals surface area contributed by atoms with Gasteiger partial charge in [-0.1, -0.05) is 12.1 Å². The molecule has 7 nitrogen and oxygen atoms in total. The Morgan fingerprint density at radius 2 is 1.44 bits per heavy atom. The summed E-state index contributed by atoms with van der Waals surface area (Å²) in [4.78, 5) is 25.8. The average Bonchev–Trinajstić information content (AvgIpc) is 2.61. The van der Waals surface area contributed by atoms with Crippen LogP contribution in [0.1, 0.15) is 45.7 Å². The largest absolute Gasteiger partial charge is 0.507 e. The summed E-state index contributed by atoms with van der Waals surface area (Å²) in [6.07, 6.45) is 0. The van der Waals surface area contributed by atoms with Crippen molar-refractivity contribution < 1.29 is 25.0 Å². The molecule has 1 aliphatic rings. The number of fused-ring (bicyclic) bond motifs is 2. The minimum atomic E-state index is -0.573. The highest BCUT2D eigenvalue weighted by Crippen LogP contribution is 2.40. The van der Waals surface area contributed by atoms with E-state index < -0.39 is 11.6 Å². The van der Waals surface area contributed by atoms with Crippen molar-refractivity contribution in [3.8, 4) is 11.5 Å². The number of carbonyl (C=O) groups excluding carboxylic acids is 2. The van der Waals surface area contributed by atoms with Crippen molar-refractivity contribution in [2.45, 2.75) is 13.8 Å². The topological polar surface area (TPSA) is 101 Å². The average molecular weight is 342 g/mol. The quantitative estimate of drug-likeness (QED) is 0.494. The lowest BCUT2D eigenvalue weighted by molar-refractivity contribution is -0.0968. The van der Waals surface area contributed by atoms with Crippen LogP contribution in [0.25, 0.3) is 0 Å². The first-order valence-corrected chi connectivity index (χ1v) is 7.93. The first kappa shape index (κ1) is 16.9. The van der Waals surface area contributed by atoms with Gasteiger partial charge >= 0.3 is 0 Å². The van der Waals surface area contributed by atoms with Crippen LogP contribution < -0.4 is 5.01 Å². The number of hydrazine groups is 1. The molecule has 0 radical (unpaired) electrons. The molecule has 0 aromatic heterocycles. The zero-order chi connectivity index (χ0) is 18.3. The highest BCUT2D eigenvalue weighted by molar-refractivity contribution is 6.31. The Bertz CT molecular complexity index is 878. The maximum Gasteiger partial charge on any atom is 0.200 e. The van der Waals surface area contributed by atoms with Crippen LogP contribution in [0, 0.1) is 0 Å². The summed E-state index contributed by atoms with van der Waals surface area (Å²) in [5, 5.41) is 32.6. The second-order valence-corrected chi connectivity index (χ2v) is 5.62. The fraction of sp³-hybridized carbons (Fsp3) is 0.222. The molecule has 0 spiro atoms. The molecular formula is C18H18N2O5. The number of aromatic hydroxyl groups is 2. The van der Waals surface area contributed by atoms with Gasteiger partial charge in [-0.15, -0.1) is 5.17 Å². The molecule has 0 saturated carbocycles. The number of phenols is 2. The highest BCUT2D eigenvalue weighted by atomic mass is 16.5. The van der Waals surface area contributed by atoms with E-state index in [2.05, 4.69) is 0 Å². The molecule has 0 amide bonds.